The molecule has 0 aromatic heterocycles. The van der Waals surface area contributed by atoms with Crippen LogP contribution in [0.15, 0.2) is 12.1 Å². The Labute approximate surface area is 113 Å². The third-order valence-electron chi connectivity index (χ3n) is 2.84. The molecule has 6 nitrogen and oxygen atoms in total. The summed E-state index contributed by atoms with van der Waals surface area (Å²) in [6.45, 7) is 1.92. The number of hydrogen-bond acceptors (Lipinski definition) is 5. The van der Waals surface area contributed by atoms with Crippen molar-refractivity contribution in [2.24, 2.45) is 5.73 Å². The minimum Gasteiger partial charge on any atom is -0.493 e. The summed E-state index contributed by atoms with van der Waals surface area (Å²) in [5, 5.41) is 0. The second-order valence-corrected chi connectivity index (χ2v) is 4.17. The molecule has 0 radical (unpaired) electrons. The molecule has 1 atom stereocenters. The van der Waals surface area contributed by atoms with Crippen LogP contribution in [0.1, 0.15) is 23.6 Å². The number of rotatable bonds is 6. The molecule has 1 aromatic rings. The summed E-state index contributed by atoms with van der Waals surface area (Å²) in [6, 6.07) is 3.27. The van der Waals surface area contributed by atoms with Crippen molar-refractivity contribution in [3.8, 4) is 11.5 Å². The molecule has 1 aromatic carbocycles. The Morgan fingerprint density at radius 1 is 1.32 bits per heavy atom. The predicted octanol–water partition coefficient (Wildman–Crippen LogP) is 0.653. The normalized spacial score (nSPS) is 11.8. The van der Waals surface area contributed by atoms with Gasteiger partial charge in [0, 0.05) is 19.5 Å². The monoisotopic (exact) mass is 267 g/mol. The van der Waals surface area contributed by atoms with E-state index in [0.29, 0.717) is 11.5 Å². The number of benzene rings is 1. The zero-order chi connectivity index (χ0) is 14.4. The van der Waals surface area contributed by atoms with Crippen LogP contribution in [-0.2, 0) is 4.79 Å². The molecule has 0 aliphatic rings. The van der Waals surface area contributed by atoms with Gasteiger partial charge in [0.2, 0.25) is 5.91 Å². The molecular formula is C13H21N3O3. The van der Waals surface area contributed by atoms with Gasteiger partial charge >= 0.3 is 0 Å². The predicted molar refractivity (Wildman–Crippen MR) is 73.0 cm³/mol. The molecule has 0 fully saturated rings. The van der Waals surface area contributed by atoms with Gasteiger partial charge in [-0.1, -0.05) is 0 Å². The number of hydrogen-bond donors (Lipinski definition) is 3. The van der Waals surface area contributed by atoms with Crippen molar-refractivity contribution in [3.05, 3.63) is 23.3 Å². The van der Waals surface area contributed by atoms with E-state index in [1.807, 2.05) is 19.1 Å². The number of amides is 1. The second-order valence-electron chi connectivity index (χ2n) is 4.17. The summed E-state index contributed by atoms with van der Waals surface area (Å²) in [5.41, 5.74) is 13.0. The molecule has 0 bridgehead atoms. The Morgan fingerprint density at radius 3 is 2.42 bits per heavy atom. The number of methoxy groups -OCH3 is 2. The standard InChI is InChI=1S/C13H21N3O3/c1-8-5-11(18-3)12(19-4)6-9(8)10(14)7-13(17)16-15-2/h5-6,10,15H,7,14H2,1-4H3,(H,16,17). The summed E-state index contributed by atoms with van der Waals surface area (Å²) in [7, 11) is 4.78. The molecule has 1 amide bonds. The van der Waals surface area contributed by atoms with Crippen molar-refractivity contribution in [1.82, 2.24) is 10.9 Å². The van der Waals surface area contributed by atoms with Crippen molar-refractivity contribution in [1.29, 1.82) is 0 Å². The molecule has 0 saturated heterocycles. The van der Waals surface area contributed by atoms with E-state index in [1.165, 1.54) is 0 Å². The molecule has 1 unspecified atom stereocenters. The number of nitrogens with two attached hydrogens (primary N) is 1. The van der Waals surface area contributed by atoms with Crippen LogP contribution in [0, 0.1) is 6.92 Å². The average Bonchev–Trinajstić information content (AvgIpc) is 2.38. The maximum atomic E-state index is 11.5. The molecule has 106 valence electrons. The third-order valence-corrected chi connectivity index (χ3v) is 2.84. The number of ether oxygens (including phenoxy) is 2. The van der Waals surface area contributed by atoms with Crippen LogP contribution in [0.2, 0.25) is 0 Å². The minimum absolute atomic E-state index is 0.163. The SMILES string of the molecule is CNNC(=O)CC(N)c1cc(OC)c(OC)cc1C. The lowest BCUT2D eigenvalue weighted by Crippen LogP contribution is -2.36. The number of carbonyl (C=O) groups excluding carboxylic acids is 1. The van der Waals surface area contributed by atoms with Gasteiger partial charge in [0.05, 0.1) is 14.2 Å². The smallest absolute Gasteiger partial charge is 0.235 e. The van der Waals surface area contributed by atoms with E-state index in [0.717, 1.165) is 11.1 Å². The first-order valence-corrected chi connectivity index (χ1v) is 5.97. The van der Waals surface area contributed by atoms with Crippen molar-refractivity contribution in [2.75, 3.05) is 21.3 Å². The van der Waals surface area contributed by atoms with Crippen molar-refractivity contribution in [2.45, 2.75) is 19.4 Å². The van der Waals surface area contributed by atoms with E-state index in [9.17, 15) is 4.79 Å². The second kappa shape index (κ2) is 6.96. The van der Waals surface area contributed by atoms with E-state index in [-0.39, 0.29) is 12.3 Å². The highest BCUT2D eigenvalue weighted by molar-refractivity contribution is 5.76. The summed E-state index contributed by atoms with van der Waals surface area (Å²) in [5.74, 6) is 1.09. The molecule has 0 heterocycles. The lowest BCUT2D eigenvalue weighted by Gasteiger charge is -2.17. The van der Waals surface area contributed by atoms with Crippen molar-refractivity contribution in [3.63, 3.8) is 0 Å². The van der Waals surface area contributed by atoms with Crippen LogP contribution in [0.25, 0.3) is 0 Å². The molecule has 19 heavy (non-hydrogen) atoms. The Balaban J connectivity index is 2.96. The summed E-state index contributed by atoms with van der Waals surface area (Å²) in [4.78, 5) is 11.5. The van der Waals surface area contributed by atoms with Gasteiger partial charge in [-0.3, -0.25) is 10.2 Å². The van der Waals surface area contributed by atoms with Crippen LogP contribution >= 0.6 is 0 Å². The summed E-state index contributed by atoms with van der Waals surface area (Å²) in [6.07, 6.45) is 0.192. The van der Waals surface area contributed by atoms with Crippen LogP contribution in [0.3, 0.4) is 0 Å². The Kier molecular flexibility index (Phi) is 5.59. The minimum atomic E-state index is -0.395. The molecular weight excluding hydrogens is 246 g/mol. The van der Waals surface area contributed by atoms with Gasteiger partial charge in [-0.15, -0.1) is 0 Å². The van der Waals surface area contributed by atoms with E-state index < -0.39 is 6.04 Å². The van der Waals surface area contributed by atoms with Gasteiger partial charge in [0.25, 0.3) is 0 Å². The molecule has 0 aliphatic heterocycles. The van der Waals surface area contributed by atoms with Gasteiger partial charge < -0.3 is 15.2 Å². The fourth-order valence-electron chi connectivity index (χ4n) is 1.90. The number of hydrazine groups is 1. The van der Waals surface area contributed by atoms with E-state index >= 15 is 0 Å². The largest absolute Gasteiger partial charge is 0.493 e. The highest BCUT2D eigenvalue weighted by atomic mass is 16.5. The Bertz CT molecular complexity index is 449. The van der Waals surface area contributed by atoms with Gasteiger partial charge in [-0.05, 0) is 30.2 Å². The maximum Gasteiger partial charge on any atom is 0.235 e. The Morgan fingerprint density at radius 2 is 1.89 bits per heavy atom. The van der Waals surface area contributed by atoms with Crippen LogP contribution < -0.4 is 26.1 Å². The van der Waals surface area contributed by atoms with Crippen LogP contribution in [0.4, 0.5) is 0 Å². The fraction of sp³-hybridized carbons (Fsp3) is 0.462. The lowest BCUT2D eigenvalue weighted by atomic mass is 9.98. The van der Waals surface area contributed by atoms with E-state index in [2.05, 4.69) is 10.9 Å². The van der Waals surface area contributed by atoms with Crippen LogP contribution in [0.5, 0.6) is 11.5 Å². The zero-order valence-corrected chi connectivity index (χ0v) is 11.7. The first kappa shape index (κ1) is 15.3. The first-order chi connectivity index (χ1) is 9.03. The number of nitrogens with one attached hydrogen (secondary N) is 2. The Hall–Kier alpha value is -1.79. The fourth-order valence-corrected chi connectivity index (χ4v) is 1.90. The van der Waals surface area contributed by atoms with Gasteiger partial charge in [0.15, 0.2) is 11.5 Å². The molecule has 1 rings (SSSR count). The molecule has 0 aliphatic carbocycles. The summed E-state index contributed by atoms with van der Waals surface area (Å²) >= 11 is 0. The number of aryl methyl sites for hydroxylation is 1. The van der Waals surface area contributed by atoms with E-state index in [4.69, 9.17) is 15.2 Å². The summed E-state index contributed by atoms with van der Waals surface area (Å²) < 4.78 is 10.5. The van der Waals surface area contributed by atoms with Crippen LogP contribution in [-0.4, -0.2) is 27.2 Å². The lowest BCUT2D eigenvalue weighted by molar-refractivity contribution is -0.122. The van der Waals surface area contributed by atoms with Gasteiger partial charge in [0.1, 0.15) is 0 Å². The van der Waals surface area contributed by atoms with Gasteiger partial charge in [-0.25, -0.2) is 5.43 Å². The third kappa shape index (κ3) is 3.84. The quantitative estimate of drug-likeness (QED) is 0.659. The van der Waals surface area contributed by atoms with Gasteiger partial charge in [-0.2, -0.15) is 0 Å². The molecule has 6 heteroatoms. The first-order valence-electron chi connectivity index (χ1n) is 5.97. The molecule has 4 N–H and O–H groups in total. The number of carbonyl (C=O) groups is 1. The maximum absolute atomic E-state index is 11.5. The average molecular weight is 267 g/mol. The molecule has 0 saturated carbocycles. The highest BCUT2D eigenvalue weighted by Gasteiger charge is 2.16. The van der Waals surface area contributed by atoms with Crippen molar-refractivity contribution < 1.29 is 14.3 Å². The van der Waals surface area contributed by atoms with E-state index in [1.54, 1.807) is 21.3 Å². The molecule has 0 spiro atoms. The highest BCUT2D eigenvalue weighted by Crippen LogP contribution is 2.33. The van der Waals surface area contributed by atoms with Crippen molar-refractivity contribution >= 4 is 5.91 Å². The topological polar surface area (TPSA) is 85.6 Å². The zero-order valence-electron chi connectivity index (χ0n) is 11.7.